The molecule has 0 bridgehead atoms. The summed E-state index contributed by atoms with van der Waals surface area (Å²) in [6, 6.07) is 8.78. The predicted octanol–water partition coefficient (Wildman–Crippen LogP) is 2.19. The summed E-state index contributed by atoms with van der Waals surface area (Å²) >= 11 is 0. The maximum absolute atomic E-state index is 12.0. The molecule has 0 aliphatic rings. The zero-order valence-corrected chi connectivity index (χ0v) is 13.2. The lowest BCUT2D eigenvalue weighted by atomic mass is 10.1. The molecule has 0 aliphatic heterocycles. The molecule has 0 radical (unpaired) electrons. The highest BCUT2D eigenvalue weighted by molar-refractivity contribution is 5.97. The number of rotatable bonds is 8. The molecule has 2 N–H and O–H groups in total. The van der Waals surface area contributed by atoms with Crippen molar-refractivity contribution >= 4 is 5.91 Å². The average Bonchev–Trinajstić information content (AvgIpc) is 2.52. The fourth-order valence-corrected chi connectivity index (χ4v) is 1.91. The molecule has 1 aromatic carbocycles. The monoisotopic (exact) mass is 301 g/mol. The van der Waals surface area contributed by atoms with Crippen molar-refractivity contribution in [1.82, 2.24) is 10.2 Å². The summed E-state index contributed by atoms with van der Waals surface area (Å²) in [5, 5.41) is 21.0. The molecule has 1 amide bonds. The standard InChI is InChI=1S/C17H23N3O2/c1-3-4-11-20(2)13-15(12-18)17(22)19-10-9-14-5-7-16(21)8-6-14/h5-8,13,21H,3-4,9-11H2,1-2H3,(H,19,22)/b15-13-. The number of unbranched alkanes of at least 4 members (excludes halogenated alkanes) is 1. The second-order valence-corrected chi connectivity index (χ2v) is 5.16. The second-order valence-electron chi connectivity index (χ2n) is 5.16. The van der Waals surface area contributed by atoms with E-state index >= 15 is 0 Å². The molecule has 1 rings (SSSR count). The maximum Gasteiger partial charge on any atom is 0.263 e. The topological polar surface area (TPSA) is 76.4 Å². The van der Waals surface area contributed by atoms with E-state index in [1.54, 1.807) is 30.5 Å². The van der Waals surface area contributed by atoms with Crippen LogP contribution in [0.4, 0.5) is 0 Å². The highest BCUT2D eigenvalue weighted by atomic mass is 16.3. The van der Waals surface area contributed by atoms with Crippen molar-refractivity contribution in [3.05, 3.63) is 41.6 Å². The average molecular weight is 301 g/mol. The summed E-state index contributed by atoms with van der Waals surface area (Å²) in [5.41, 5.74) is 1.13. The molecule has 0 saturated carbocycles. The van der Waals surface area contributed by atoms with Crippen molar-refractivity contribution in [2.45, 2.75) is 26.2 Å². The van der Waals surface area contributed by atoms with Crippen molar-refractivity contribution < 1.29 is 9.90 Å². The first-order valence-electron chi connectivity index (χ1n) is 7.45. The first kappa shape index (κ1) is 17.6. The van der Waals surface area contributed by atoms with Crippen molar-refractivity contribution in [3.63, 3.8) is 0 Å². The third kappa shape index (κ3) is 6.31. The van der Waals surface area contributed by atoms with Crippen molar-refractivity contribution in [2.75, 3.05) is 20.1 Å². The second kappa shape index (κ2) is 9.46. The number of nitrogens with zero attached hydrogens (tertiary/aromatic N) is 2. The van der Waals surface area contributed by atoms with Gasteiger partial charge in [0.05, 0.1) is 0 Å². The number of phenols is 1. The number of aromatic hydroxyl groups is 1. The molecule has 118 valence electrons. The van der Waals surface area contributed by atoms with E-state index in [2.05, 4.69) is 12.2 Å². The number of amides is 1. The van der Waals surface area contributed by atoms with Gasteiger partial charge >= 0.3 is 0 Å². The van der Waals surface area contributed by atoms with Crippen LogP contribution in [0.1, 0.15) is 25.3 Å². The lowest BCUT2D eigenvalue weighted by Crippen LogP contribution is -2.28. The van der Waals surface area contributed by atoms with Gasteiger partial charge < -0.3 is 15.3 Å². The summed E-state index contributed by atoms with van der Waals surface area (Å²) in [6.07, 6.45) is 4.33. The normalized spacial score (nSPS) is 10.9. The first-order valence-corrected chi connectivity index (χ1v) is 7.45. The Balaban J connectivity index is 2.46. The number of hydrogen-bond acceptors (Lipinski definition) is 4. The molecular weight excluding hydrogens is 278 g/mol. The maximum atomic E-state index is 12.0. The lowest BCUT2D eigenvalue weighted by molar-refractivity contribution is -0.117. The molecule has 1 aromatic rings. The number of carbonyl (C=O) groups excluding carboxylic acids is 1. The van der Waals surface area contributed by atoms with E-state index in [4.69, 9.17) is 5.26 Å². The minimum atomic E-state index is -0.357. The van der Waals surface area contributed by atoms with Gasteiger partial charge in [-0.2, -0.15) is 5.26 Å². The van der Waals surface area contributed by atoms with Crippen LogP contribution in [0.25, 0.3) is 0 Å². The molecular formula is C17H23N3O2. The van der Waals surface area contributed by atoms with E-state index in [-0.39, 0.29) is 17.2 Å². The molecule has 0 fully saturated rings. The molecule has 0 saturated heterocycles. The van der Waals surface area contributed by atoms with Crippen molar-refractivity contribution in [3.8, 4) is 11.8 Å². The van der Waals surface area contributed by atoms with Gasteiger partial charge in [0.1, 0.15) is 17.4 Å². The summed E-state index contributed by atoms with van der Waals surface area (Å²) < 4.78 is 0. The molecule has 0 aromatic heterocycles. The number of nitriles is 1. The van der Waals surface area contributed by atoms with Crippen molar-refractivity contribution in [2.24, 2.45) is 0 Å². The Bertz CT molecular complexity index is 544. The number of nitrogens with one attached hydrogen (secondary N) is 1. The van der Waals surface area contributed by atoms with Crippen LogP contribution in [0.15, 0.2) is 36.0 Å². The fourth-order valence-electron chi connectivity index (χ4n) is 1.91. The third-order valence-electron chi connectivity index (χ3n) is 3.21. The summed E-state index contributed by atoms with van der Waals surface area (Å²) in [5.74, 6) is -0.137. The van der Waals surface area contributed by atoms with E-state index in [1.807, 2.05) is 18.0 Å². The van der Waals surface area contributed by atoms with E-state index < -0.39 is 0 Å². The molecule has 0 unspecified atom stereocenters. The number of benzene rings is 1. The Morgan fingerprint density at radius 2 is 2.09 bits per heavy atom. The van der Waals surface area contributed by atoms with Crippen LogP contribution in [0.2, 0.25) is 0 Å². The molecule has 0 spiro atoms. The molecule has 0 aliphatic carbocycles. The minimum Gasteiger partial charge on any atom is -0.508 e. The van der Waals surface area contributed by atoms with E-state index in [0.717, 1.165) is 24.9 Å². The van der Waals surface area contributed by atoms with Crippen LogP contribution in [0.5, 0.6) is 5.75 Å². The summed E-state index contributed by atoms with van der Waals surface area (Å²) in [6.45, 7) is 3.36. The van der Waals surface area contributed by atoms with Crippen LogP contribution in [0, 0.1) is 11.3 Å². The Morgan fingerprint density at radius 3 is 2.68 bits per heavy atom. The SMILES string of the molecule is CCCCN(C)/C=C(/C#N)C(=O)NCCc1ccc(O)cc1. The molecule has 0 atom stereocenters. The quantitative estimate of drug-likeness (QED) is 0.570. The van der Waals surface area contributed by atoms with Crippen LogP contribution in [-0.2, 0) is 11.2 Å². The van der Waals surface area contributed by atoms with Gasteiger partial charge in [-0.15, -0.1) is 0 Å². The summed E-state index contributed by atoms with van der Waals surface area (Å²) in [7, 11) is 1.86. The lowest BCUT2D eigenvalue weighted by Gasteiger charge is -2.14. The largest absolute Gasteiger partial charge is 0.508 e. The Hall–Kier alpha value is -2.48. The van der Waals surface area contributed by atoms with Gasteiger partial charge in [0, 0.05) is 26.3 Å². The molecule has 22 heavy (non-hydrogen) atoms. The number of phenolic OH excluding ortho intramolecular Hbond substituents is 1. The van der Waals surface area contributed by atoms with Crippen LogP contribution < -0.4 is 5.32 Å². The smallest absolute Gasteiger partial charge is 0.263 e. The predicted molar refractivity (Wildman–Crippen MR) is 86.1 cm³/mol. The van der Waals surface area contributed by atoms with Crippen molar-refractivity contribution in [1.29, 1.82) is 5.26 Å². The number of hydrogen-bond donors (Lipinski definition) is 2. The van der Waals surface area contributed by atoms with Gasteiger partial charge in [0.25, 0.3) is 5.91 Å². The van der Waals surface area contributed by atoms with Crippen LogP contribution >= 0.6 is 0 Å². The first-order chi connectivity index (χ1) is 10.6. The minimum absolute atomic E-state index is 0.115. The van der Waals surface area contributed by atoms with E-state index in [0.29, 0.717) is 13.0 Å². The Kier molecular flexibility index (Phi) is 7.55. The zero-order valence-electron chi connectivity index (χ0n) is 13.2. The molecule has 0 heterocycles. The van der Waals surface area contributed by atoms with E-state index in [1.165, 1.54) is 0 Å². The van der Waals surface area contributed by atoms with Crippen LogP contribution in [0.3, 0.4) is 0 Å². The third-order valence-corrected chi connectivity index (χ3v) is 3.21. The van der Waals surface area contributed by atoms with Gasteiger partial charge in [-0.25, -0.2) is 0 Å². The van der Waals surface area contributed by atoms with Gasteiger partial charge in [0.2, 0.25) is 0 Å². The fraction of sp³-hybridized carbons (Fsp3) is 0.412. The van der Waals surface area contributed by atoms with Gasteiger partial charge in [0.15, 0.2) is 0 Å². The Labute approximate surface area is 131 Å². The molecule has 5 nitrogen and oxygen atoms in total. The van der Waals surface area contributed by atoms with Gasteiger partial charge in [-0.1, -0.05) is 25.5 Å². The number of carbonyl (C=O) groups is 1. The highest BCUT2D eigenvalue weighted by Crippen LogP contribution is 2.09. The highest BCUT2D eigenvalue weighted by Gasteiger charge is 2.09. The van der Waals surface area contributed by atoms with Gasteiger partial charge in [-0.05, 0) is 30.5 Å². The zero-order chi connectivity index (χ0) is 16.4. The van der Waals surface area contributed by atoms with Gasteiger partial charge in [-0.3, -0.25) is 4.79 Å². The van der Waals surface area contributed by atoms with E-state index in [9.17, 15) is 9.90 Å². The molecule has 5 heteroatoms. The van der Waals surface area contributed by atoms with Crippen LogP contribution in [-0.4, -0.2) is 36.1 Å². The summed E-state index contributed by atoms with van der Waals surface area (Å²) in [4.78, 5) is 13.8. The Morgan fingerprint density at radius 1 is 1.41 bits per heavy atom.